The zero-order valence-electron chi connectivity index (χ0n) is 29.6. The predicted molar refractivity (Wildman–Crippen MR) is 215 cm³/mol. The van der Waals surface area contributed by atoms with Crippen LogP contribution in [0.15, 0.2) is 115 Å². The first-order chi connectivity index (χ1) is 25.4. The maximum Gasteiger partial charge on any atom is 0.347 e. The van der Waals surface area contributed by atoms with Crippen molar-refractivity contribution < 1.29 is 4.40 Å². The van der Waals surface area contributed by atoms with Crippen LogP contribution in [0.2, 0.25) is 0 Å². The molecule has 0 amide bonds. The molecule has 0 aliphatic carbocycles. The number of pyridine rings is 2. The molecule has 254 valence electrons. The van der Waals surface area contributed by atoms with Crippen molar-refractivity contribution in [1.29, 1.82) is 0 Å². The predicted octanol–water partition coefficient (Wildman–Crippen LogP) is 7.84. The van der Waals surface area contributed by atoms with Gasteiger partial charge in [-0.2, -0.15) is 4.40 Å². The van der Waals surface area contributed by atoms with Gasteiger partial charge in [-0.05, 0) is 60.7 Å². The number of hydrogen-bond donors (Lipinski definition) is 1. The highest BCUT2D eigenvalue weighted by Crippen LogP contribution is 2.44. The van der Waals surface area contributed by atoms with Gasteiger partial charge in [-0.25, -0.2) is 14.3 Å². The van der Waals surface area contributed by atoms with Crippen LogP contribution in [0, 0.1) is 0 Å². The van der Waals surface area contributed by atoms with Crippen molar-refractivity contribution in [3.63, 3.8) is 0 Å². The first-order valence-electron chi connectivity index (χ1n) is 17.8. The first-order valence-corrected chi connectivity index (χ1v) is 17.8. The average Bonchev–Trinajstić information content (AvgIpc) is 3.60. The van der Waals surface area contributed by atoms with Crippen LogP contribution < -0.4 is 31.9 Å². The summed E-state index contributed by atoms with van der Waals surface area (Å²) in [5, 5.41) is 5.88. The Balaban J connectivity index is 0.000000616. The molecule has 0 aliphatic rings. The quantitative estimate of drug-likeness (QED) is 0.108. The lowest BCUT2D eigenvalue weighted by molar-refractivity contribution is -0.495. The van der Waals surface area contributed by atoms with Gasteiger partial charge in [0.25, 0.3) is 16.8 Å². The molecule has 11 rings (SSSR count). The second-order valence-corrected chi connectivity index (χ2v) is 12.1. The van der Waals surface area contributed by atoms with Crippen molar-refractivity contribution >= 4 is 92.1 Å². The number of H-pyrrole nitrogens is 1. The minimum Gasteiger partial charge on any atom is -0.289 e. The number of fused-ring (bicyclic) bond motifs is 4. The molecule has 8 aromatic carbocycles. The van der Waals surface area contributed by atoms with Crippen molar-refractivity contribution in [1.82, 2.24) is 9.55 Å². The van der Waals surface area contributed by atoms with E-state index >= 15 is 0 Å². The summed E-state index contributed by atoms with van der Waals surface area (Å²) >= 11 is 0. The minimum atomic E-state index is -0.556. The van der Waals surface area contributed by atoms with E-state index in [2.05, 4.69) is 4.98 Å². The topological polar surface area (TPSA) is 110 Å². The van der Waals surface area contributed by atoms with Gasteiger partial charge in [0.05, 0.1) is 16.5 Å². The van der Waals surface area contributed by atoms with Crippen molar-refractivity contribution in [2.45, 2.75) is 41.5 Å². The summed E-state index contributed by atoms with van der Waals surface area (Å²) in [6.07, 6.45) is 0. The molecule has 0 saturated carbocycles. The standard InChI is InChI=1S/C38H15N3O5.3C2H6/c42-33-17-10-12-19-27-23(38(46)41-26-9-5-4-8-25(26)39-35(19)41)14-21-31(29(17)27)32-22(33)15-24-28-20(13-11-18(30(28)32)34(21)43)36(44)40(37(24)45)16-6-2-1-3-7-16;3*1-2/h1-15H;3*1-2H3/p+1. The normalized spacial score (nSPS) is 11.7. The van der Waals surface area contributed by atoms with Gasteiger partial charge in [0.1, 0.15) is 0 Å². The highest BCUT2D eigenvalue weighted by molar-refractivity contribution is 6.42. The maximum absolute atomic E-state index is 14.5. The van der Waals surface area contributed by atoms with Gasteiger partial charge in [-0.15, -0.1) is 0 Å². The van der Waals surface area contributed by atoms with Crippen LogP contribution in [0.3, 0.4) is 0 Å². The molecule has 3 aromatic heterocycles. The number of rotatable bonds is 1. The Hall–Kier alpha value is -6.54. The number of imidazole rings is 1. The fraction of sp³-hybridized carbons (Fsp3) is 0.136. The van der Waals surface area contributed by atoms with Gasteiger partial charge < -0.3 is 0 Å². The molecule has 8 heteroatoms. The summed E-state index contributed by atoms with van der Waals surface area (Å²) < 4.78 is 2.75. The molecule has 0 unspecified atom stereocenters. The lowest BCUT2D eigenvalue weighted by Gasteiger charge is -2.19. The minimum absolute atomic E-state index is 0.196. The average molecular weight is 685 g/mol. The molecule has 0 atom stereocenters. The molecule has 0 spiro atoms. The van der Waals surface area contributed by atoms with E-state index in [0.29, 0.717) is 76.1 Å². The number of aromatic nitrogens is 3. The number of aromatic amines is 1. The number of para-hydroxylation sites is 3. The monoisotopic (exact) mass is 684 g/mol. The van der Waals surface area contributed by atoms with Crippen molar-refractivity contribution in [2.75, 3.05) is 0 Å². The van der Waals surface area contributed by atoms with Crippen LogP contribution in [-0.4, -0.2) is 9.55 Å². The Labute approximate surface area is 295 Å². The van der Waals surface area contributed by atoms with Gasteiger partial charge in [-0.1, -0.05) is 71.9 Å². The Morgan fingerprint density at radius 2 is 0.942 bits per heavy atom. The fourth-order valence-corrected chi connectivity index (χ4v) is 8.13. The summed E-state index contributed by atoms with van der Waals surface area (Å²) in [4.78, 5) is 74.5. The van der Waals surface area contributed by atoms with Gasteiger partial charge in [-0.3, -0.25) is 19.2 Å². The number of benzene rings is 8. The van der Waals surface area contributed by atoms with E-state index < -0.39 is 11.1 Å². The van der Waals surface area contributed by atoms with Crippen molar-refractivity contribution in [3.8, 4) is 5.69 Å². The maximum atomic E-state index is 14.5. The van der Waals surface area contributed by atoms with E-state index in [9.17, 15) is 24.0 Å². The second-order valence-electron chi connectivity index (χ2n) is 12.1. The third-order valence-electron chi connectivity index (χ3n) is 9.99. The molecule has 0 saturated heterocycles. The molecule has 52 heavy (non-hydrogen) atoms. The van der Waals surface area contributed by atoms with E-state index in [1.165, 1.54) is 0 Å². The Bertz CT molecular complexity index is 3460. The van der Waals surface area contributed by atoms with Crippen LogP contribution in [0.5, 0.6) is 0 Å². The summed E-state index contributed by atoms with van der Waals surface area (Å²) in [6.45, 7) is 12.0. The molecule has 1 N–H and O–H groups in total. The lowest BCUT2D eigenvalue weighted by Crippen LogP contribution is -2.40. The van der Waals surface area contributed by atoms with Gasteiger partial charge in [0, 0.05) is 64.6 Å². The molecule has 3 heterocycles. The SMILES string of the molecule is CC.CC.CC.O=c1c2ccc3c4c(cc5c(=O)c6ccc7c(=O)n(-c8ccccc8)c(=O)c8cc1c(c6c78)c5c24)c(=O)[n+]1c2ccccc2[nH]c31. The van der Waals surface area contributed by atoms with Crippen LogP contribution in [0.1, 0.15) is 41.5 Å². The molecule has 0 fully saturated rings. The number of nitrogens with zero attached hydrogens (tertiary/aromatic N) is 2. The molecule has 8 nitrogen and oxygen atoms in total. The fourth-order valence-electron chi connectivity index (χ4n) is 8.13. The third kappa shape index (κ3) is 3.86. The third-order valence-corrected chi connectivity index (χ3v) is 9.99. The zero-order chi connectivity index (χ0) is 36.7. The molecule has 0 radical (unpaired) electrons. The second kappa shape index (κ2) is 11.8. The van der Waals surface area contributed by atoms with Crippen LogP contribution in [0.25, 0.3) is 97.8 Å². The van der Waals surface area contributed by atoms with E-state index in [-0.39, 0.29) is 27.2 Å². The van der Waals surface area contributed by atoms with E-state index in [1.54, 1.807) is 65.1 Å². The molecule has 0 aliphatic heterocycles. The van der Waals surface area contributed by atoms with Crippen LogP contribution in [-0.2, 0) is 0 Å². The van der Waals surface area contributed by atoms with Crippen LogP contribution in [0.4, 0.5) is 0 Å². The molecular formula is C44H34N3O5+. The largest absolute Gasteiger partial charge is 0.347 e. The molecule has 0 bridgehead atoms. The van der Waals surface area contributed by atoms with E-state index in [1.807, 2.05) is 71.9 Å². The summed E-state index contributed by atoms with van der Waals surface area (Å²) in [6, 6.07) is 26.2. The van der Waals surface area contributed by atoms with Gasteiger partial charge >= 0.3 is 5.56 Å². The van der Waals surface area contributed by atoms with Crippen molar-refractivity contribution in [2.24, 2.45) is 0 Å². The van der Waals surface area contributed by atoms with Crippen molar-refractivity contribution in [3.05, 3.63) is 143 Å². The number of hydrogen-bond acceptors (Lipinski definition) is 5. The Kier molecular flexibility index (Phi) is 7.39. The Morgan fingerprint density at radius 1 is 0.462 bits per heavy atom. The summed E-state index contributed by atoms with van der Waals surface area (Å²) in [5.41, 5.74) is 0.532. The smallest absolute Gasteiger partial charge is 0.289 e. The molecular weight excluding hydrogens is 651 g/mol. The summed E-state index contributed by atoms with van der Waals surface area (Å²) in [5.74, 6) is 0. The number of nitrogens with one attached hydrogen (secondary N) is 1. The van der Waals surface area contributed by atoms with Gasteiger partial charge in [0.2, 0.25) is 0 Å². The van der Waals surface area contributed by atoms with Crippen LogP contribution >= 0.6 is 0 Å². The highest BCUT2D eigenvalue weighted by atomic mass is 16.2. The van der Waals surface area contributed by atoms with E-state index in [0.717, 1.165) is 15.5 Å². The highest BCUT2D eigenvalue weighted by Gasteiger charge is 2.29. The molecule has 11 aromatic rings. The summed E-state index contributed by atoms with van der Waals surface area (Å²) in [7, 11) is 0. The van der Waals surface area contributed by atoms with Gasteiger partial charge in [0.15, 0.2) is 21.9 Å². The Morgan fingerprint density at radius 3 is 1.58 bits per heavy atom. The van der Waals surface area contributed by atoms with E-state index in [4.69, 9.17) is 0 Å². The first kappa shape index (κ1) is 32.7. The lowest BCUT2D eigenvalue weighted by atomic mass is 9.83. The zero-order valence-corrected chi connectivity index (χ0v) is 29.6.